The SMILES string of the molecule is CCOC(=O)c1ccc2cc(OC(=S)N(C)C)ccc2c1OC.COc1ccc2cc(O)c(C(=O)O)cc2c1. The molecule has 0 heterocycles. The van der Waals surface area contributed by atoms with Gasteiger partial charge in [0.1, 0.15) is 34.1 Å². The lowest BCUT2D eigenvalue weighted by molar-refractivity contribution is 0.0522. The van der Waals surface area contributed by atoms with Crippen LogP contribution in [0.15, 0.2) is 60.7 Å². The second-order valence-electron chi connectivity index (χ2n) is 8.40. The van der Waals surface area contributed by atoms with Crippen LogP contribution in [-0.4, -0.2) is 67.1 Å². The van der Waals surface area contributed by atoms with Crippen LogP contribution in [0.3, 0.4) is 0 Å². The van der Waals surface area contributed by atoms with E-state index in [1.54, 1.807) is 49.3 Å². The molecule has 0 spiro atoms. The summed E-state index contributed by atoms with van der Waals surface area (Å²) < 4.78 is 21.1. The minimum Gasteiger partial charge on any atom is -0.507 e. The molecule has 0 amide bonds. The van der Waals surface area contributed by atoms with E-state index in [2.05, 4.69) is 0 Å². The summed E-state index contributed by atoms with van der Waals surface area (Å²) >= 11 is 5.13. The second-order valence-corrected chi connectivity index (χ2v) is 8.75. The molecular weight excluding hydrogens is 522 g/mol. The molecule has 0 aromatic heterocycles. The van der Waals surface area contributed by atoms with Gasteiger partial charge in [0.25, 0.3) is 5.17 Å². The number of ether oxygens (including phenoxy) is 4. The van der Waals surface area contributed by atoms with Gasteiger partial charge in [0.2, 0.25) is 0 Å². The van der Waals surface area contributed by atoms with Crippen molar-refractivity contribution in [3.8, 4) is 23.0 Å². The molecule has 9 nitrogen and oxygen atoms in total. The molecule has 0 bridgehead atoms. The average molecular weight is 552 g/mol. The maximum Gasteiger partial charge on any atom is 0.341 e. The summed E-state index contributed by atoms with van der Waals surface area (Å²) in [6.07, 6.45) is 0. The van der Waals surface area contributed by atoms with Crippen LogP contribution in [0, 0.1) is 0 Å². The number of methoxy groups -OCH3 is 2. The Morgan fingerprint density at radius 2 is 1.51 bits per heavy atom. The molecule has 0 saturated heterocycles. The van der Waals surface area contributed by atoms with E-state index >= 15 is 0 Å². The van der Waals surface area contributed by atoms with Crippen molar-refractivity contribution in [3.05, 3.63) is 71.8 Å². The fourth-order valence-electron chi connectivity index (χ4n) is 3.69. The highest BCUT2D eigenvalue weighted by atomic mass is 32.1. The normalized spacial score (nSPS) is 10.3. The highest BCUT2D eigenvalue weighted by molar-refractivity contribution is 7.80. The lowest BCUT2D eigenvalue weighted by Crippen LogP contribution is -2.24. The number of carboxylic acid groups (broad SMARTS) is 1. The smallest absolute Gasteiger partial charge is 0.341 e. The van der Waals surface area contributed by atoms with Crippen LogP contribution in [0.1, 0.15) is 27.6 Å². The number of nitrogens with zero attached hydrogens (tertiary/aromatic N) is 1. The summed E-state index contributed by atoms with van der Waals surface area (Å²) in [6.45, 7) is 2.08. The maximum absolute atomic E-state index is 12.0. The molecule has 10 heteroatoms. The molecule has 39 heavy (non-hydrogen) atoms. The van der Waals surface area contributed by atoms with Crippen molar-refractivity contribution < 1.29 is 38.7 Å². The van der Waals surface area contributed by atoms with E-state index in [0.717, 1.165) is 21.5 Å². The third kappa shape index (κ3) is 6.85. The topological polar surface area (TPSA) is 115 Å². The van der Waals surface area contributed by atoms with Crippen LogP contribution >= 0.6 is 12.2 Å². The molecule has 4 rings (SSSR count). The molecule has 0 atom stereocenters. The molecule has 4 aromatic rings. The number of carbonyl (C=O) groups is 2. The number of phenols is 1. The number of hydrogen-bond donors (Lipinski definition) is 2. The standard InChI is InChI=1S/C17H19NO4S.C12H10O4/c1-5-21-16(19)14-8-6-11-10-12(22-17(23)18(2)3)7-9-13(11)15(14)20-4;1-16-9-3-2-7-6-11(13)10(12(14)15)5-8(7)4-9/h6-10H,5H2,1-4H3;2-6,13H,1H3,(H,14,15). The molecule has 0 fully saturated rings. The number of hydrogen-bond acceptors (Lipinski definition) is 8. The summed E-state index contributed by atoms with van der Waals surface area (Å²) in [5, 5.41) is 21.9. The van der Waals surface area contributed by atoms with Crippen LogP contribution in [0.2, 0.25) is 0 Å². The fourth-order valence-corrected chi connectivity index (χ4v) is 3.78. The first-order valence-corrected chi connectivity index (χ1v) is 12.2. The monoisotopic (exact) mass is 551 g/mol. The Morgan fingerprint density at radius 3 is 2.13 bits per heavy atom. The zero-order chi connectivity index (χ0) is 28.7. The molecule has 2 N–H and O–H groups in total. The van der Waals surface area contributed by atoms with Gasteiger partial charge < -0.3 is 34.1 Å². The van der Waals surface area contributed by atoms with Gasteiger partial charge in [-0.3, -0.25) is 0 Å². The number of rotatable bonds is 6. The molecule has 4 aromatic carbocycles. The third-order valence-corrected chi connectivity index (χ3v) is 6.05. The molecule has 204 valence electrons. The Hall–Kier alpha value is -4.57. The van der Waals surface area contributed by atoms with Crippen LogP contribution in [0.4, 0.5) is 0 Å². The Labute approximate surface area is 231 Å². The van der Waals surface area contributed by atoms with Gasteiger partial charge in [-0.05, 0) is 83.8 Å². The first-order valence-electron chi connectivity index (χ1n) is 11.8. The number of aromatic carboxylic acids is 1. The van der Waals surface area contributed by atoms with E-state index in [1.807, 2.05) is 32.3 Å². The number of thiocarbonyl (C=S) groups is 1. The van der Waals surface area contributed by atoms with Crippen molar-refractivity contribution in [2.75, 3.05) is 34.9 Å². The van der Waals surface area contributed by atoms with Gasteiger partial charge in [-0.15, -0.1) is 0 Å². The van der Waals surface area contributed by atoms with Gasteiger partial charge in [-0.2, -0.15) is 0 Å². The molecule has 0 unspecified atom stereocenters. The van der Waals surface area contributed by atoms with Crippen molar-refractivity contribution in [2.45, 2.75) is 6.92 Å². The maximum atomic E-state index is 12.0. The highest BCUT2D eigenvalue weighted by Crippen LogP contribution is 2.33. The molecule has 0 aliphatic heterocycles. The Kier molecular flexibility index (Phi) is 9.51. The predicted octanol–water partition coefficient (Wildman–Crippen LogP) is 5.50. The Bertz CT molecular complexity index is 1530. The quantitative estimate of drug-likeness (QED) is 0.235. The molecule has 0 aliphatic carbocycles. The van der Waals surface area contributed by atoms with Crippen LogP contribution in [0.25, 0.3) is 21.5 Å². The Balaban J connectivity index is 0.000000230. The number of esters is 1. The van der Waals surface area contributed by atoms with E-state index in [0.29, 0.717) is 34.6 Å². The van der Waals surface area contributed by atoms with E-state index in [-0.39, 0.29) is 11.3 Å². The highest BCUT2D eigenvalue weighted by Gasteiger charge is 2.17. The van der Waals surface area contributed by atoms with Crippen molar-refractivity contribution in [1.29, 1.82) is 0 Å². The number of benzene rings is 4. The third-order valence-electron chi connectivity index (χ3n) is 5.60. The summed E-state index contributed by atoms with van der Waals surface area (Å²) in [7, 11) is 6.71. The van der Waals surface area contributed by atoms with Gasteiger partial charge in [-0.1, -0.05) is 12.1 Å². The van der Waals surface area contributed by atoms with Crippen LogP contribution in [0.5, 0.6) is 23.0 Å². The van der Waals surface area contributed by atoms with E-state index in [9.17, 15) is 14.7 Å². The number of carbonyl (C=O) groups excluding carboxylic acids is 1. The van der Waals surface area contributed by atoms with E-state index in [4.69, 9.17) is 36.3 Å². The lowest BCUT2D eigenvalue weighted by Gasteiger charge is -2.15. The number of carboxylic acids is 1. The zero-order valence-corrected chi connectivity index (χ0v) is 23.0. The summed E-state index contributed by atoms with van der Waals surface area (Å²) in [5.41, 5.74) is 0.292. The summed E-state index contributed by atoms with van der Waals surface area (Å²) in [6, 6.07) is 17.1. The van der Waals surface area contributed by atoms with Crippen LogP contribution < -0.4 is 14.2 Å². The van der Waals surface area contributed by atoms with Crippen molar-refractivity contribution in [1.82, 2.24) is 4.90 Å². The van der Waals surface area contributed by atoms with Crippen molar-refractivity contribution >= 4 is 50.9 Å². The largest absolute Gasteiger partial charge is 0.507 e. The average Bonchev–Trinajstić information content (AvgIpc) is 2.91. The zero-order valence-electron chi connectivity index (χ0n) is 22.2. The molecule has 0 aliphatic rings. The number of fused-ring (bicyclic) bond motifs is 2. The molecule has 0 saturated carbocycles. The first kappa shape index (κ1) is 29.0. The number of aromatic hydroxyl groups is 1. The minimum atomic E-state index is -1.15. The van der Waals surface area contributed by atoms with Crippen molar-refractivity contribution in [2.24, 2.45) is 0 Å². The predicted molar refractivity (Wildman–Crippen MR) is 152 cm³/mol. The fraction of sp³-hybridized carbons (Fsp3) is 0.207. The van der Waals surface area contributed by atoms with E-state index in [1.165, 1.54) is 19.2 Å². The second kappa shape index (κ2) is 12.8. The van der Waals surface area contributed by atoms with Gasteiger partial charge in [0, 0.05) is 19.5 Å². The summed E-state index contributed by atoms with van der Waals surface area (Å²) in [4.78, 5) is 24.5. The van der Waals surface area contributed by atoms with Gasteiger partial charge in [0.15, 0.2) is 0 Å². The minimum absolute atomic E-state index is 0.110. The van der Waals surface area contributed by atoms with E-state index < -0.39 is 11.9 Å². The Morgan fingerprint density at radius 1 is 0.846 bits per heavy atom. The first-order chi connectivity index (χ1) is 18.6. The summed E-state index contributed by atoms with van der Waals surface area (Å²) in [5.74, 6) is -0.0212. The van der Waals surface area contributed by atoms with Gasteiger partial charge >= 0.3 is 11.9 Å². The molecular formula is C29H29NO8S. The lowest BCUT2D eigenvalue weighted by atomic mass is 10.0. The van der Waals surface area contributed by atoms with Crippen molar-refractivity contribution in [3.63, 3.8) is 0 Å². The molecule has 0 radical (unpaired) electrons. The van der Waals surface area contributed by atoms with Gasteiger partial charge in [0.05, 0.1) is 20.8 Å². The van der Waals surface area contributed by atoms with Gasteiger partial charge in [-0.25, -0.2) is 9.59 Å². The van der Waals surface area contributed by atoms with Crippen LogP contribution in [-0.2, 0) is 4.74 Å².